The lowest BCUT2D eigenvalue weighted by Gasteiger charge is -2.24. The first-order valence-corrected chi connectivity index (χ1v) is 26.9. The Morgan fingerprint density at radius 1 is 0.500 bits per heavy atom. The smallest absolute Gasteiger partial charge is 0.462 e. The minimum atomic E-state index is -4.39. The molecule has 1 unspecified atom stereocenters. The summed E-state index contributed by atoms with van der Waals surface area (Å²) in [6.07, 6.45) is 53.2. The monoisotopic (exact) mass is 895 g/mol. The molecule has 0 bridgehead atoms. The van der Waals surface area contributed by atoms with Crippen LogP contribution in [0.3, 0.4) is 0 Å². The van der Waals surface area contributed by atoms with Gasteiger partial charge in [-0.25, -0.2) is 4.57 Å². The molecule has 0 aliphatic rings. The van der Waals surface area contributed by atoms with E-state index in [4.69, 9.17) is 18.5 Å². The zero-order chi connectivity index (χ0) is 45.7. The van der Waals surface area contributed by atoms with Gasteiger partial charge in [0, 0.05) is 12.8 Å². The molecule has 9 nitrogen and oxygen atoms in total. The van der Waals surface area contributed by atoms with Crippen LogP contribution in [-0.4, -0.2) is 74.9 Å². The topological polar surface area (TPSA) is 108 Å². The zero-order valence-electron chi connectivity index (χ0n) is 40.9. The lowest BCUT2D eigenvalue weighted by atomic mass is 10.0. The van der Waals surface area contributed by atoms with Gasteiger partial charge in [-0.05, 0) is 70.6 Å². The van der Waals surface area contributed by atoms with Crippen LogP contribution in [0, 0.1) is 0 Å². The molecule has 2 atom stereocenters. The van der Waals surface area contributed by atoms with Crippen LogP contribution in [-0.2, 0) is 32.7 Å². The molecular weight excluding hydrogens is 798 g/mol. The number of nitrogens with zero attached hydrogens (tertiary/aromatic N) is 1. The number of carbonyl (C=O) groups is 2. The molecule has 0 aliphatic carbocycles. The number of hydrogen-bond acceptors (Lipinski definition) is 7. The number of quaternary nitrogens is 1. The van der Waals surface area contributed by atoms with Crippen molar-refractivity contribution >= 4 is 19.8 Å². The van der Waals surface area contributed by atoms with Crippen molar-refractivity contribution in [3.05, 3.63) is 48.6 Å². The van der Waals surface area contributed by atoms with E-state index in [9.17, 15) is 19.0 Å². The van der Waals surface area contributed by atoms with Crippen LogP contribution in [0.5, 0.6) is 0 Å². The highest BCUT2D eigenvalue weighted by Crippen LogP contribution is 2.43. The van der Waals surface area contributed by atoms with Crippen molar-refractivity contribution in [2.24, 2.45) is 0 Å². The van der Waals surface area contributed by atoms with E-state index in [0.29, 0.717) is 17.4 Å². The highest BCUT2D eigenvalue weighted by molar-refractivity contribution is 7.47. The average molecular weight is 895 g/mol. The quantitative estimate of drug-likeness (QED) is 0.0212. The minimum Gasteiger partial charge on any atom is -0.462 e. The molecule has 0 aromatic heterocycles. The number of carbonyl (C=O) groups excluding carboxylic acids is 2. The van der Waals surface area contributed by atoms with Crippen molar-refractivity contribution in [1.82, 2.24) is 0 Å². The zero-order valence-corrected chi connectivity index (χ0v) is 41.7. The third kappa shape index (κ3) is 47.4. The highest BCUT2D eigenvalue weighted by atomic mass is 31.2. The van der Waals surface area contributed by atoms with Gasteiger partial charge >= 0.3 is 19.8 Å². The maximum absolute atomic E-state index is 12.7. The van der Waals surface area contributed by atoms with Crippen molar-refractivity contribution in [2.45, 2.75) is 225 Å². The van der Waals surface area contributed by atoms with Gasteiger partial charge < -0.3 is 18.9 Å². The second-order valence-corrected chi connectivity index (χ2v) is 19.6. The molecule has 1 N–H and O–H groups in total. The van der Waals surface area contributed by atoms with E-state index in [0.717, 1.165) is 44.9 Å². The molecule has 362 valence electrons. The summed E-state index contributed by atoms with van der Waals surface area (Å²) < 4.78 is 34.4. The molecule has 0 aromatic carbocycles. The number of allylic oxidation sites excluding steroid dienone is 8. The molecule has 0 aliphatic heterocycles. The third-order valence-electron chi connectivity index (χ3n) is 10.8. The highest BCUT2D eigenvalue weighted by Gasteiger charge is 2.27. The van der Waals surface area contributed by atoms with E-state index in [1.54, 1.807) is 0 Å². The molecule has 0 fully saturated rings. The molecule has 62 heavy (non-hydrogen) atoms. The van der Waals surface area contributed by atoms with Crippen LogP contribution in [0.2, 0.25) is 0 Å². The summed E-state index contributed by atoms with van der Waals surface area (Å²) in [5, 5.41) is 0. The molecular formula is C52H97NO8P+. The first kappa shape index (κ1) is 60.0. The van der Waals surface area contributed by atoms with Crippen molar-refractivity contribution < 1.29 is 42.1 Å². The average Bonchev–Trinajstić information content (AvgIpc) is 3.23. The summed E-state index contributed by atoms with van der Waals surface area (Å²) in [6, 6.07) is 0. The Morgan fingerprint density at radius 3 is 1.35 bits per heavy atom. The van der Waals surface area contributed by atoms with Crippen LogP contribution in [0.4, 0.5) is 0 Å². The number of esters is 2. The van der Waals surface area contributed by atoms with Crippen molar-refractivity contribution in [2.75, 3.05) is 47.5 Å². The Kier molecular flexibility index (Phi) is 42.7. The van der Waals surface area contributed by atoms with Gasteiger partial charge in [0.15, 0.2) is 6.10 Å². The summed E-state index contributed by atoms with van der Waals surface area (Å²) in [7, 11) is 1.45. The number of phosphoric ester groups is 1. The normalized spacial score (nSPS) is 13.8. The van der Waals surface area contributed by atoms with E-state index < -0.39 is 26.5 Å². The number of likely N-dealkylation sites (N-methyl/N-ethyl adjacent to an activating group) is 1. The maximum Gasteiger partial charge on any atom is 0.472 e. The van der Waals surface area contributed by atoms with E-state index in [-0.39, 0.29) is 32.0 Å². The Hall–Kier alpha value is -2.03. The fourth-order valence-electron chi connectivity index (χ4n) is 6.85. The predicted octanol–water partition coefficient (Wildman–Crippen LogP) is 15.0. The van der Waals surface area contributed by atoms with Crippen LogP contribution in [0.15, 0.2) is 48.6 Å². The largest absolute Gasteiger partial charge is 0.472 e. The first-order valence-electron chi connectivity index (χ1n) is 25.4. The van der Waals surface area contributed by atoms with Gasteiger partial charge in [0.2, 0.25) is 0 Å². The number of ether oxygens (including phenoxy) is 2. The fraction of sp³-hybridized carbons (Fsp3) is 0.808. The summed E-state index contributed by atoms with van der Waals surface area (Å²) in [5.74, 6) is -0.856. The number of phosphoric acid groups is 1. The number of hydrogen-bond donors (Lipinski definition) is 1. The van der Waals surface area contributed by atoms with E-state index >= 15 is 0 Å². The molecule has 0 amide bonds. The SMILES string of the molecule is CCCCCCCC/C=C/C/C=C/C/C=C/CCCC(=O)O[C@H](COC(=O)CCCCCCCCCCCCC/C=C/CCCCCCCC)COP(=O)(O)OCC[N+](C)(C)C. The summed E-state index contributed by atoms with van der Waals surface area (Å²) in [5.41, 5.74) is 0. The molecule has 0 rings (SSSR count). The predicted molar refractivity (Wildman–Crippen MR) is 261 cm³/mol. The second-order valence-electron chi connectivity index (χ2n) is 18.2. The molecule has 0 spiro atoms. The van der Waals surface area contributed by atoms with Gasteiger partial charge in [-0.2, -0.15) is 0 Å². The minimum absolute atomic E-state index is 0.0219. The van der Waals surface area contributed by atoms with Crippen LogP contribution >= 0.6 is 7.82 Å². The summed E-state index contributed by atoms with van der Waals surface area (Å²) in [4.78, 5) is 35.5. The molecule has 10 heteroatoms. The Labute approximate surface area is 382 Å². The van der Waals surface area contributed by atoms with E-state index in [1.807, 2.05) is 21.1 Å². The van der Waals surface area contributed by atoms with E-state index in [1.165, 1.54) is 141 Å². The molecule has 0 saturated heterocycles. The molecule has 0 aromatic rings. The van der Waals surface area contributed by atoms with Gasteiger partial charge in [0.05, 0.1) is 27.7 Å². The van der Waals surface area contributed by atoms with Gasteiger partial charge in [-0.15, -0.1) is 0 Å². The first-order chi connectivity index (χ1) is 30.0. The van der Waals surface area contributed by atoms with Crippen LogP contribution in [0.1, 0.15) is 219 Å². The van der Waals surface area contributed by atoms with Gasteiger partial charge in [0.1, 0.15) is 19.8 Å². The van der Waals surface area contributed by atoms with Crippen molar-refractivity contribution in [3.8, 4) is 0 Å². The van der Waals surface area contributed by atoms with E-state index in [2.05, 4.69) is 62.5 Å². The van der Waals surface area contributed by atoms with Crippen molar-refractivity contribution in [3.63, 3.8) is 0 Å². The van der Waals surface area contributed by atoms with Gasteiger partial charge in [0.25, 0.3) is 0 Å². The van der Waals surface area contributed by atoms with Gasteiger partial charge in [-0.1, -0.05) is 184 Å². The Morgan fingerprint density at radius 2 is 0.887 bits per heavy atom. The lowest BCUT2D eigenvalue weighted by molar-refractivity contribution is -0.870. The second kappa shape index (κ2) is 44.2. The lowest BCUT2D eigenvalue weighted by Crippen LogP contribution is -2.37. The molecule has 0 radical (unpaired) electrons. The molecule has 0 heterocycles. The Bertz CT molecular complexity index is 1190. The van der Waals surface area contributed by atoms with Crippen LogP contribution < -0.4 is 0 Å². The standard InChI is InChI=1S/C52H96NO8P/c1-6-8-10-12-14-16-18-20-22-24-25-26-27-29-30-32-34-36-38-40-42-44-51(54)58-48-50(49-60-62(56,57)59-47-46-53(3,4)5)61-52(55)45-43-41-39-37-35-33-31-28-23-21-19-17-15-13-11-9-7-2/h20-23,31,33,37,39,50H,6-19,24-30,32,34-36,38,40-49H2,1-5H3/p+1/b22-20+,23-21+,33-31+,39-37+/t50-/m1/s1. The van der Waals surface area contributed by atoms with Gasteiger partial charge in [-0.3, -0.25) is 18.6 Å². The Balaban J connectivity index is 4.31. The maximum atomic E-state index is 12.7. The van der Waals surface area contributed by atoms with Crippen LogP contribution in [0.25, 0.3) is 0 Å². The summed E-state index contributed by atoms with van der Waals surface area (Å²) in [6.45, 7) is 4.37. The fourth-order valence-corrected chi connectivity index (χ4v) is 7.59. The number of rotatable bonds is 46. The van der Waals surface area contributed by atoms with Crippen molar-refractivity contribution in [1.29, 1.82) is 0 Å². The molecule has 0 saturated carbocycles. The summed E-state index contributed by atoms with van der Waals surface area (Å²) >= 11 is 0. The third-order valence-corrected chi connectivity index (χ3v) is 11.8. The number of unbranched alkanes of at least 4 members (excludes halogenated alkanes) is 24.